The van der Waals surface area contributed by atoms with Crippen LogP contribution < -0.4 is 10.1 Å². The number of hydrogen-bond acceptors (Lipinski definition) is 5. The van der Waals surface area contributed by atoms with E-state index in [-0.39, 0.29) is 17.9 Å². The van der Waals surface area contributed by atoms with Gasteiger partial charge in [0.2, 0.25) is 0 Å². The van der Waals surface area contributed by atoms with Crippen molar-refractivity contribution in [1.82, 2.24) is 20.3 Å². The number of carbonyl (C=O) groups excluding carboxylic acids is 1. The lowest BCUT2D eigenvalue weighted by molar-refractivity contribution is 0.0852. The summed E-state index contributed by atoms with van der Waals surface area (Å²) in [5.74, 6) is 0.657. The van der Waals surface area contributed by atoms with Crippen molar-refractivity contribution >= 4 is 5.91 Å². The average molecular weight is 344 g/mol. The molecule has 0 radical (unpaired) electrons. The molecule has 2 heterocycles. The molecule has 1 atom stereocenters. The van der Waals surface area contributed by atoms with Gasteiger partial charge in [-0.3, -0.25) is 4.79 Å². The lowest BCUT2D eigenvalue weighted by Gasteiger charge is -2.13. The van der Waals surface area contributed by atoms with Gasteiger partial charge in [0.1, 0.15) is 5.75 Å². The molecule has 7 nitrogen and oxygen atoms in total. The predicted molar refractivity (Wildman–Crippen MR) is 93.3 cm³/mol. The zero-order valence-corrected chi connectivity index (χ0v) is 14.9. The van der Waals surface area contributed by atoms with E-state index in [1.54, 1.807) is 11.8 Å². The van der Waals surface area contributed by atoms with E-state index in [4.69, 9.17) is 9.47 Å². The Labute approximate surface area is 147 Å². The number of hydrogen-bond donors (Lipinski definition) is 1. The van der Waals surface area contributed by atoms with Crippen LogP contribution in [0.5, 0.6) is 5.75 Å². The van der Waals surface area contributed by atoms with Gasteiger partial charge in [-0.2, -0.15) is 0 Å². The topological polar surface area (TPSA) is 78.3 Å². The van der Waals surface area contributed by atoms with Gasteiger partial charge in [-0.05, 0) is 43.0 Å². The average Bonchev–Trinajstić information content (AvgIpc) is 3.29. The van der Waals surface area contributed by atoms with Crippen LogP contribution in [-0.2, 0) is 4.74 Å². The second-order valence-electron chi connectivity index (χ2n) is 6.43. The molecule has 0 unspecified atom stereocenters. The highest BCUT2D eigenvalue weighted by atomic mass is 16.5. The third-order valence-electron chi connectivity index (χ3n) is 4.30. The summed E-state index contributed by atoms with van der Waals surface area (Å²) < 4.78 is 12.4. The highest BCUT2D eigenvalue weighted by Gasteiger charge is 2.24. The first kappa shape index (κ1) is 17.4. The maximum absolute atomic E-state index is 12.6. The fraction of sp³-hybridized carbons (Fsp3) is 0.500. The van der Waals surface area contributed by atoms with Crippen LogP contribution in [0.4, 0.5) is 0 Å². The number of nitrogens with zero attached hydrogens (tertiary/aromatic N) is 3. The van der Waals surface area contributed by atoms with Crippen LogP contribution >= 0.6 is 0 Å². The van der Waals surface area contributed by atoms with E-state index in [0.29, 0.717) is 12.2 Å². The number of nitrogens with one attached hydrogen (secondary N) is 1. The SMILES string of the molecule is COc1ccc(-n2nnc(C(=O)NC[C@H]3CCCO3)c2C(C)C)cc1. The van der Waals surface area contributed by atoms with E-state index in [1.807, 2.05) is 38.1 Å². The maximum atomic E-state index is 12.6. The minimum atomic E-state index is -0.209. The van der Waals surface area contributed by atoms with E-state index in [0.717, 1.165) is 36.6 Å². The van der Waals surface area contributed by atoms with E-state index in [9.17, 15) is 4.79 Å². The third-order valence-corrected chi connectivity index (χ3v) is 4.30. The molecule has 1 N–H and O–H groups in total. The molecule has 1 amide bonds. The second-order valence-corrected chi connectivity index (χ2v) is 6.43. The van der Waals surface area contributed by atoms with Gasteiger partial charge in [0.15, 0.2) is 5.69 Å². The number of carbonyl (C=O) groups is 1. The summed E-state index contributed by atoms with van der Waals surface area (Å²) in [6, 6.07) is 7.51. The molecule has 0 aliphatic carbocycles. The van der Waals surface area contributed by atoms with Gasteiger partial charge in [-0.1, -0.05) is 19.1 Å². The number of methoxy groups -OCH3 is 1. The van der Waals surface area contributed by atoms with Crippen LogP contribution in [-0.4, -0.2) is 47.3 Å². The summed E-state index contributed by atoms with van der Waals surface area (Å²) in [5.41, 5.74) is 1.99. The molecule has 1 aliphatic heterocycles. The third kappa shape index (κ3) is 3.82. The Morgan fingerprint density at radius 3 is 2.76 bits per heavy atom. The van der Waals surface area contributed by atoms with Crippen LogP contribution in [0.15, 0.2) is 24.3 Å². The largest absolute Gasteiger partial charge is 0.497 e. The monoisotopic (exact) mass is 344 g/mol. The lowest BCUT2D eigenvalue weighted by atomic mass is 10.1. The quantitative estimate of drug-likeness (QED) is 0.870. The van der Waals surface area contributed by atoms with Gasteiger partial charge in [0.25, 0.3) is 5.91 Å². The molecular formula is C18H24N4O3. The summed E-state index contributed by atoms with van der Waals surface area (Å²) in [6.07, 6.45) is 2.13. The van der Waals surface area contributed by atoms with Crippen molar-refractivity contribution in [1.29, 1.82) is 0 Å². The molecule has 1 aromatic heterocycles. The number of rotatable bonds is 6. The number of benzene rings is 1. The van der Waals surface area contributed by atoms with Crippen LogP contribution in [0.3, 0.4) is 0 Å². The van der Waals surface area contributed by atoms with Gasteiger partial charge in [0.05, 0.1) is 24.6 Å². The van der Waals surface area contributed by atoms with Crippen molar-refractivity contribution < 1.29 is 14.3 Å². The Morgan fingerprint density at radius 2 is 2.16 bits per heavy atom. The van der Waals surface area contributed by atoms with Gasteiger partial charge in [-0.25, -0.2) is 4.68 Å². The molecule has 7 heteroatoms. The van der Waals surface area contributed by atoms with Gasteiger partial charge >= 0.3 is 0 Å². The molecule has 0 spiro atoms. The van der Waals surface area contributed by atoms with E-state index >= 15 is 0 Å². The molecule has 134 valence electrons. The van der Waals surface area contributed by atoms with Crippen LogP contribution in [0.2, 0.25) is 0 Å². The van der Waals surface area contributed by atoms with Crippen molar-refractivity contribution in [3.8, 4) is 11.4 Å². The number of amides is 1. The Balaban J connectivity index is 1.81. The van der Waals surface area contributed by atoms with Crippen LogP contribution in [0.1, 0.15) is 48.8 Å². The second kappa shape index (κ2) is 7.65. The summed E-state index contributed by atoms with van der Waals surface area (Å²) >= 11 is 0. The smallest absolute Gasteiger partial charge is 0.273 e. The zero-order valence-electron chi connectivity index (χ0n) is 14.9. The molecule has 1 fully saturated rings. The first-order valence-corrected chi connectivity index (χ1v) is 8.60. The lowest BCUT2D eigenvalue weighted by Crippen LogP contribution is -2.32. The van der Waals surface area contributed by atoms with Crippen molar-refractivity contribution in [2.75, 3.05) is 20.3 Å². The Bertz CT molecular complexity index is 718. The molecule has 0 saturated carbocycles. The Hall–Kier alpha value is -2.41. The summed E-state index contributed by atoms with van der Waals surface area (Å²) in [4.78, 5) is 12.6. The number of aromatic nitrogens is 3. The zero-order chi connectivity index (χ0) is 17.8. The van der Waals surface area contributed by atoms with Crippen molar-refractivity contribution in [3.05, 3.63) is 35.7 Å². The molecule has 0 bridgehead atoms. The minimum Gasteiger partial charge on any atom is -0.497 e. The van der Waals surface area contributed by atoms with Crippen LogP contribution in [0, 0.1) is 0 Å². The Kier molecular flexibility index (Phi) is 5.33. The molecule has 1 saturated heterocycles. The molecule has 25 heavy (non-hydrogen) atoms. The first-order chi connectivity index (χ1) is 12.1. The molecule has 1 aliphatic rings. The molecular weight excluding hydrogens is 320 g/mol. The summed E-state index contributed by atoms with van der Waals surface area (Å²) in [6.45, 7) is 5.32. The van der Waals surface area contributed by atoms with Gasteiger partial charge < -0.3 is 14.8 Å². The normalized spacial score (nSPS) is 17.0. The predicted octanol–water partition coefficient (Wildman–Crippen LogP) is 2.31. The van der Waals surface area contributed by atoms with Crippen LogP contribution in [0.25, 0.3) is 5.69 Å². The summed E-state index contributed by atoms with van der Waals surface area (Å²) in [5, 5.41) is 11.2. The van der Waals surface area contributed by atoms with Gasteiger partial charge in [0, 0.05) is 13.2 Å². The number of ether oxygens (including phenoxy) is 2. The van der Waals surface area contributed by atoms with Crippen molar-refractivity contribution in [2.45, 2.75) is 38.7 Å². The fourth-order valence-corrected chi connectivity index (χ4v) is 2.98. The fourth-order valence-electron chi connectivity index (χ4n) is 2.98. The van der Waals surface area contributed by atoms with Gasteiger partial charge in [-0.15, -0.1) is 5.10 Å². The van der Waals surface area contributed by atoms with E-state index < -0.39 is 0 Å². The maximum Gasteiger partial charge on any atom is 0.273 e. The molecule has 1 aromatic carbocycles. The van der Waals surface area contributed by atoms with Crippen molar-refractivity contribution in [3.63, 3.8) is 0 Å². The van der Waals surface area contributed by atoms with Crippen molar-refractivity contribution in [2.24, 2.45) is 0 Å². The molecule has 2 aromatic rings. The standard InChI is InChI=1S/C18H24N4O3/c1-12(2)17-16(18(23)19-11-15-5-4-10-25-15)20-21-22(17)13-6-8-14(24-3)9-7-13/h6-9,12,15H,4-5,10-11H2,1-3H3,(H,19,23)/t15-/m1/s1. The summed E-state index contributed by atoms with van der Waals surface area (Å²) in [7, 11) is 1.63. The highest BCUT2D eigenvalue weighted by molar-refractivity contribution is 5.93. The minimum absolute atomic E-state index is 0.0978. The Morgan fingerprint density at radius 1 is 1.40 bits per heavy atom. The molecule has 3 rings (SSSR count). The highest BCUT2D eigenvalue weighted by Crippen LogP contribution is 2.23. The van der Waals surface area contributed by atoms with E-state index in [2.05, 4.69) is 15.6 Å². The van der Waals surface area contributed by atoms with E-state index in [1.165, 1.54) is 0 Å². The first-order valence-electron chi connectivity index (χ1n) is 8.60.